The van der Waals surface area contributed by atoms with Gasteiger partial charge >= 0.3 is 0 Å². The summed E-state index contributed by atoms with van der Waals surface area (Å²) in [4.78, 5) is 15.9. The first-order valence-electron chi connectivity index (χ1n) is 5.75. The second-order valence-electron chi connectivity index (χ2n) is 4.03. The van der Waals surface area contributed by atoms with Crippen molar-refractivity contribution in [2.45, 2.75) is 19.9 Å². The van der Waals surface area contributed by atoms with Crippen molar-refractivity contribution in [1.29, 1.82) is 0 Å². The largest absolute Gasteiger partial charge is 0.328 e. The molecule has 1 heterocycles. The van der Waals surface area contributed by atoms with Crippen LogP contribution >= 0.6 is 0 Å². The number of carbonyl (C=O) groups excluding carboxylic acids is 1. The monoisotopic (exact) mass is 268 g/mol. The molecule has 0 amide bonds. The van der Waals surface area contributed by atoms with Gasteiger partial charge in [-0.05, 0) is 18.6 Å². The van der Waals surface area contributed by atoms with E-state index in [9.17, 15) is 18.0 Å². The number of ketones is 1. The molecule has 0 aliphatic heterocycles. The number of rotatable bonds is 4. The predicted molar refractivity (Wildman–Crippen MR) is 62.3 cm³/mol. The molecular weight excluding hydrogens is 257 g/mol. The number of carbonyl (C=O) groups is 1. The van der Waals surface area contributed by atoms with Crippen LogP contribution in [0.15, 0.2) is 24.5 Å². The zero-order chi connectivity index (χ0) is 14.0. The molecule has 0 spiro atoms. The third-order valence-electron chi connectivity index (χ3n) is 2.63. The van der Waals surface area contributed by atoms with Crippen LogP contribution in [0.5, 0.6) is 0 Å². The van der Waals surface area contributed by atoms with Crippen molar-refractivity contribution in [3.8, 4) is 0 Å². The quantitative estimate of drug-likeness (QED) is 0.631. The fourth-order valence-electron chi connectivity index (χ4n) is 1.76. The van der Waals surface area contributed by atoms with Crippen molar-refractivity contribution in [1.82, 2.24) is 9.55 Å². The number of halogens is 3. The van der Waals surface area contributed by atoms with E-state index in [-0.39, 0.29) is 11.4 Å². The fourth-order valence-corrected chi connectivity index (χ4v) is 1.76. The first-order chi connectivity index (χ1) is 9.04. The third kappa shape index (κ3) is 2.52. The van der Waals surface area contributed by atoms with E-state index in [2.05, 4.69) is 4.98 Å². The highest BCUT2D eigenvalue weighted by molar-refractivity contribution is 6.06. The number of imidazole rings is 1. The Labute approximate surface area is 107 Å². The summed E-state index contributed by atoms with van der Waals surface area (Å²) < 4.78 is 40.6. The lowest BCUT2D eigenvalue weighted by atomic mass is 10.1. The van der Waals surface area contributed by atoms with Gasteiger partial charge in [-0.15, -0.1) is 0 Å². The molecule has 0 N–H and O–H groups in total. The zero-order valence-electron chi connectivity index (χ0n) is 10.2. The van der Waals surface area contributed by atoms with Crippen LogP contribution in [0.1, 0.15) is 29.5 Å². The third-order valence-corrected chi connectivity index (χ3v) is 2.63. The Balaban J connectivity index is 2.41. The Morgan fingerprint density at radius 1 is 1.26 bits per heavy atom. The average Bonchev–Trinajstić information content (AvgIpc) is 2.83. The van der Waals surface area contributed by atoms with E-state index in [0.29, 0.717) is 18.7 Å². The van der Waals surface area contributed by atoms with Gasteiger partial charge in [0.1, 0.15) is 0 Å². The normalized spacial score (nSPS) is 10.7. The lowest BCUT2D eigenvalue weighted by Crippen LogP contribution is -2.12. The van der Waals surface area contributed by atoms with E-state index in [1.54, 1.807) is 10.8 Å². The minimum absolute atomic E-state index is 0.0762. The number of hydrogen-bond acceptors (Lipinski definition) is 2. The summed E-state index contributed by atoms with van der Waals surface area (Å²) >= 11 is 0. The Hall–Kier alpha value is -2.11. The van der Waals surface area contributed by atoms with Gasteiger partial charge in [-0.3, -0.25) is 4.79 Å². The number of nitrogens with zero attached hydrogens (tertiary/aromatic N) is 2. The molecule has 6 heteroatoms. The van der Waals surface area contributed by atoms with E-state index < -0.39 is 23.2 Å². The summed E-state index contributed by atoms with van der Waals surface area (Å²) in [5.41, 5.74) is -0.264. The molecule has 2 rings (SSSR count). The highest BCUT2D eigenvalue weighted by atomic mass is 19.2. The summed E-state index contributed by atoms with van der Waals surface area (Å²) in [7, 11) is 0. The summed E-state index contributed by atoms with van der Waals surface area (Å²) in [6, 6.07) is 1.34. The van der Waals surface area contributed by atoms with Crippen molar-refractivity contribution in [3.05, 3.63) is 53.4 Å². The molecule has 0 radical (unpaired) electrons. The Morgan fingerprint density at radius 2 is 1.89 bits per heavy atom. The first-order valence-corrected chi connectivity index (χ1v) is 5.75. The molecule has 19 heavy (non-hydrogen) atoms. The fraction of sp³-hybridized carbons (Fsp3) is 0.231. The van der Waals surface area contributed by atoms with Gasteiger partial charge in [0.25, 0.3) is 0 Å². The molecule has 3 nitrogen and oxygen atoms in total. The highest BCUT2D eigenvalue weighted by Gasteiger charge is 2.19. The summed E-state index contributed by atoms with van der Waals surface area (Å²) in [6.45, 7) is 2.48. The maximum absolute atomic E-state index is 13.1. The van der Waals surface area contributed by atoms with Crippen molar-refractivity contribution in [3.63, 3.8) is 0 Å². The smallest absolute Gasteiger partial charge is 0.228 e. The second-order valence-corrected chi connectivity index (χ2v) is 4.03. The number of hydrogen-bond donors (Lipinski definition) is 0. The number of aromatic nitrogens is 2. The topological polar surface area (TPSA) is 34.9 Å². The van der Waals surface area contributed by atoms with Crippen LogP contribution < -0.4 is 0 Å². The van der Waals surface area contributed by atoms with Gasteiger partial charge in [-0.25, -0.2) is 18.2 Å². The second kappa shape index (κ2) is 5.26. The van der Waals surface area contributed by atoms with Gasteiger partial charge < -0.3 is 4.57 Å². The van der Waals surface area contributed by atoms with E-state index in [4.69, 9.17) is 0 Å². The molecule has 1 aromatic heterocycles. The van der Waals surface area contributed by atoms with Gasteiger partial charge in [0.15, 0.2) is 23.3 Å². The van der Waals surface area contributed by atoms with Gasteiger partial charge in [-0.1, -0.05) is 6.92 Å². The molecule has 0 saturated carbocycles. The molecular formula is C13H11F3N2O. The van der Waals surface area contributed by atoms with Gasteiger partial charge in [0.2, 0.25) is 5.78 Å². The molecule has 100 valence electrons. The van der Waals surface area contributed by atoms with E-state index in [0.717, 1.165) is 6.42 Å². The van der Waals surface area contributed by atoms with E-state index in [1.165, 1.54) is 6.20 Å². The molecule has 1 aromatic carbocycles. The van der Waals surface area contributed by atoms with Crippen LogP contribution in [0.3, 0.4) is 0 Å². The van der Waals surface area contributed by atoms with E-state index in [1.807, 2.05) is 6.92 Å². The van der Waals surface area contributed by atoms with Crippen LogP contribution in [0.25, 0.3) is 0 Å². The van der Waals surface area contributed by atoms with E-state index >= 15 is 0 Å². The molecule has 0 bridgehead atoms. The molecule has 0 atom stereocenters. The van der Waals surface area contributed by atoms with Crippen LogP contribution in [-0.2, 0) is 6.54 Å². The van der Waals surface area contributed by atoms with Crippen molar-refractivity contribution in [2.24, 2.45) is 0 Å². The van der Waals surface area contributed by atoms with Crippen LogP contribution in [0.4, 0.5) is 13.2 Å². The maximum Gasteiger partial charge on any atom is 0.228 e. The Bertz CT molecular complexity index is 599. The predicted octanol–water partition coefficient (Wildman–Crippen LogP) is 2.94. The molecule has 0 aliphatic carbocycles. The Kier molecular flexibility index (Phi) is 3.69. The van der Waals surface area contributed by atoms with Gasteiger partial charge in [0.05, 0.1) is 0 Å². The SMILES string of the molecule is CCCn1ccnc1C(=O)c1cc(F)c(F)c(F)c1. The minimum atomic E-state index is -1.59. The standard InChI is InChI=1S/C13H11F3N2O/c1-2-4-18-5-3-17-13(18)12(19)8-6-9(14)11(16)10(15)7-8/h3,5-7H,2,4H2,1H3. The van der Waals surface area contributed by atoms with Crippen LogP contribution in [-0.4, -0.2) is 15.3 Å². The lowest BCUT2D eigenvalue weighted by Gasteiger charge is -2.06. The minimum Gasteiger partial charge on any atom is -0.328 e. The lowest BCUT2D eigenvalue weighted by molar-refractivity contribution is 0.102. The summed E-state index contributed by atoms with van der Waals surface area (Å²) in [5, 5.41) is 0. The molecule has 0 saturated heterocycles. The number of benzene rings is 1. The van der Waals surface area contributed by atoms with Crippen molar-refractivity contribution < 1.29 is 18.0 Å². The number of aryl methyl sites for hydroxylation is 1. The van der Waals surface area contributed by atoms with Crippen LogP contribution in [0, 0.1) is 17.5 Å². The van der Waals surface area contributed by atoms with Crippen molar-refractivity contribution in [2.75, 3.05) is 0 Å². The highest BCUT2D eigenvalue weighted by Crippen LogP contribution is 2.16. The molecule has 0 aliphatic rings. The molecule has 0 unspecified atom stereocenters. The molecule has 2 aromatic rings. The van der Waals surface area contributed by atoms with Crippen molar-refractivity contribution >= 4 is 5.78 Å². The first kappa shape index (κ1) is 13.3. The summed E-state index contributed by atoms with van der Waals surface area (Å²) in [6.07, 6.45) is 3.81. The Morgan fingerprint density at radius 3 is 2.47 bits per heavy atom. The summed E-state index contributed by atoms with van der Waals surface area (Å²) in [5.74, 6) is -4.94. The zero-order valence-corrected chi connectivity index (χ0v) is 10.2. The van der Waals surface area contributed by atoms with Gasteiger partial charge in [0, 0.05) is 24.5 Å². The van der Waals surface area contributed by atoms with Crippen LogP contribution in [0.2, 0.25) is 0 Å². The maximum atomic E-state index is 13.1. The molecule has 0 fully saturated rings. The average molecular weight is 268 g/mol. The van der Waals surface area contributed by atoms with Gasteiger partial charge in [-0.2, -0.15) is 0 Å².